The SMILES string of the molecule is CN=C(NCCNc1ncccc1C(F)(F)F)NCCc1ccc(-n2cccn2)cc1.I. The van der Waals surface area contributed by atoms with Crippen LogP contribution in [0.1, 0.15) is 11.1 Å². The molecule has 3 aromatic rings. The Hall–Kier alpha value is -2.83. The van der Waals surface area contributed by atoms with E-state index in [-0.39, 0.29) is 36.3 Å². The molecule has 3 rings (SSSR count). The van der Waals surface area contributed by atoms with E-state index in [1.54, 1.807) is 17.9 Å². The lowest BCUT2D eigenvalue weighted by atomic mass is 10.1. The highest BCUT2D eigenvalue weighted by Crippen LogP contribution is 2.33. The van der Waals surface area contributed by atoms with Gasteiger partial charge in [0.1, 0.15) is 5.82 Å². The molecule has 0 spiro atoms. The quantitative estimate of drug-likeness (QED) is 0.170. The molecule has 0 radical (unpaired) electrons. The summed E-state index contributed by atoms with van der Waals surface area (Å²) in [6, 6.07) is 12.3. The van der Waals surface area contributed by atoms with Gasteiger partial charge in [-0.2, -0.15) is 18.3 Å². The largest absolute Gasteiger partial charge is 0.419 e. The van der Waals surface area contributed by atoms with Gasteiger partial charge >= 0.3 is 6.18 Å². The summed E-state index contributed by atoms with van der Waals surface area (Å²) in [4.78, 5) is 7.91. The van der Waals surface area contributed by atoms with Crippen molar-refractivity contribution in [1.29, 1.82) is 0 Å². The van der Waals surface area contributed by atoms with Crippen molar-refractivity contribution in [3.63, 3.8) is 0 Å². The van der Waals surface area contributed by atoms with E-state index in [4.69, 9.17) is 0 Å². The lowest BCUT2D eigenvalue weighted by Crippen LogP contribution is -2.40. The second-order valence-corrected chi connectivity index (χ2v) is 6.62. The van der Waals surface area contributed by atoms with E-state index in [0.29, 0.717) is 19.0 Å². The van der Waals surface area contributed by atoms with Gasteiger partial charge in [0.25, 0.3) is 0 Å². The van der Waals surface area contributed by atoms with Gasteiger partial charge < -0.3 is 16.0 Å². The Bertz CT molecular complexity index is 974. The van der Waals surface area contributed by atoms with Crippen LogP contribution in [0, 0.1) is 0 Å². The molecule has 0 unspecified atom stereocenters. The fourth-order valence-electron chi connectivity index (χ4n) is 2.92. The van der Waals surface area contributed by atoms with Crippen LogP contribution in [0.3, 0.4) is 0 Å². The summed E-state index contributed by atoms with van der Waals surface area (Å²) in [6.45, 7) is 1.30. The molecular weight excluding hydrogens is 534 g/mol. The molecule has 2 aromatic heterocycles. The third-order valence-corrected chi connectivity index (χ3v) is 4.46. The first-order valence-electron chi connectivity index (χ1n) is 9.77. The van der Waals surface area contributed by atoms with Crippen LogP contribution in [0.25, 0.3) is 5.69 Å². The molecule has 0 saturated carbocycles. The zero-order valence-corrected chi connectivity index (χ0v) is 19.8. The number of benzene rings is 1. The van der Waals surface area contributed by atoms with E-state index in [0.717, 1.165) is 23.7 Å². The van der Waals surface area contributed by atoms with Crippen molar-refractivity contribution in [3.05, 3.63) is 72.2 Å². The fraction of sp³-hybridized carbons (Fsp3) is 0.286. The van der Waals surface area contributed by atoms with Gasteiger partial charge in [-0.1, -0.05) is 12.1 Å². The van der Waals surface area contributed by atoms with Gasteiger partial charge in [0.15, 0.2) is 5.96 Å². The van der Waals surface area contributed by atoms with Crippen molar-refractivity contribution in [2.75, 3.05) is 32.0 Å². The highest BCUT2D eigenvalue weighted by atomic mass is 127. The smallest absolute Gasteiger partial charge is 0.368 e. The maximum absolute atomic E-state index is 13.0. The van der Waals surface area contributed by atoms with Gasteiger partial charge in [0, 0.05) is 45.3 Å². The Balaban J connectivity index is 0.00000363. The average Bonchev–Trinajstić information content (AvgIpc) is 3.30. The minimum Gasteiger partial charge on any atom is -0.368 e. The van der Waals surface area contributed by atoms with Gasteiger partial charge in [-0.05, 0) is 42.3 Å². The second kappa shape index (κ2) is 12.3. The zero-order valence-electron chi connectivity index (χ0n) is 17.4. The minimum atomic E-state index is -4.45. The summed E-state index contributed by atoms with van der Waals surface area (Å²) in [5.74, 6) is 0.394. The van der Waals surface area contributed by atoms with Gasteiger partial charge in [-0.3, -0.25) is 4.99 Å². The average molecular weight is 559 g/mol. The van der Waals surface area contributed by atoms with Crippen LogP contribution < -0.4 is 16.0 Å². The van der Waals surface area contributed by atoms with Crippen LogP contribution in [0.5, 0.6) is 0 Å². The van der Waals surface area contributed by atoms with Crippen LogP contribution in [-0.2, 0) is 12.6 Å². The zero-order chi connectivity index (χ0) is 22.1. The van der Waals surface area contributed by atoms with Crippen LogP contribution >= 0.6 is 24.0 Å². The van der Waals surface area contributed by atoms with Crippen LogP contribution in [0.15, 0.2) is 66.0 Å². The molecule has 11 heteroatoms. The van der Waals surface area contributed by atoms with Crippen molar-refractivity contribution < 1.29 is 13.2 Å². The number of nitrogens with zero attached hydrogens (tertiary/aromatic N) is 4. The molecule has 32 heavy (non-hydrogen) atoms. The molecule has 0 amide bonds. The molecule has 1 aromatic carbocycles. The summed E-state index contributed by atoms with van der Waals surface area (Å²) in [5, 5.41) is 13.2. The summed E-state index contributed by atoms with van der Waals surface area (Å²) in [7, 11) is 1.64. The number of pyridine rings is 1. The van der Waals surface area contributed by atoms with E-state index in [2.05, 4.69) is 31.0 Å². The first-order valence-corrected chi connectivity index (χ1v) is 9.77. The number of alkyl halides is 3. The van der Waals surface area contributed by atoms with Crippen molar-refractivity contribution >= 4 is 35.8 Å². The molecule has 0 aliphatic carbocycles. The van der Waals surface area contributed by atoms with E-state index in [9.17, 15) is 13.2 Å². The van der Waals surface area contributed by atoms with E-state index < -0.39 is 11.7 Å². The molecular formula is C21H25F3IN7. The number of anilines is 1. The summed E-state index contributed by atoms with van der Waals surface area (Å²) in [6.07, 6.45) is 1.29. The summed E-state index contributed by atoms with van der Waals surface area (Å²) < 4.78 is 40.7. The van der Waals surface area contributed by atoms with Gasteiger partial charge in [-0.25, -0.2) is 9.67 Å². The number of halogens is 4. The molecule has 3 N–H and O–H groups in total. The Morgan fingerprint density at radius 2 is 1.75 bits per heavy atom. The molecule has 2 heterocycles. The normalized spacial score (nSPS) is 11.6. The topological polar surface area (TPSA) is 79.2 Å². The van der Waals surface area contributed by atoms with Crippen molar-refractivity contribution in [2.45, 2.75) is 12.6 Å². The standard InChI is InChI=1S/C21H24F3N7.HI/c1-25-20(29-14-13-27-19-18(21(22,23)24)4-2-10-26-19)28-12-9-16-5-7-17(8-6-16)31-15-3-11-30-31;/h2-8,10-11,15H,9,12-14H2,1H3,(H,26,27)(H2,25,28,29);1H. The molecule has 0 aliphatic heterocycles. The third kappa shape index (κ3) is 7.39. The Morgan fingerprint density at radius 3 is 2.41 bits per heavy atom. The lowest BCUT2D eigenvalue weighted by Gasteiger charge is -2.15. The summed E-state index contributed by atoms with van der Waals surface area (Å²) >= 11 is 0. The van der Waals surface area contributed by atoms with Gasteiger partial charge in [0.05, 0.1) is 11.3 Å². The van der Waals surface area contributed by atoms with Gasteiger partial charge in [-0.15, -0.1) is 24.0 Å². The number of aliphatic imine (C=N–C) groups is 1. The Labute approximate surface area is 201 Å². The summed E-state index contributed by atoms with van der Waals surface area (Å²) in [5.41, 5.74) is 1.37. The minimum absolute atomic E-state index is 0. The van der Waals surface area contributed by atoms with Gasteiger partial charge in [0.2, 0.25) is 0 Å². The number of nitrogens with one attached hydrogen (secondary N) is 3. The molecule has 0 saturated heterocycles. The predicted octanol–water partition coefficient (Wildman–Crippen LogP) is 3.72. The lowest BCUT2D eigenvalue weighted by molar-refractivity contribution is -0.137. The number of hydrogen-bond donors (Lipinski definition) is 3. The Kier molecular flexibility index (Phi) is 9.75. The molecule has 0 aliphatic rings. The number of guanidine groups is 1. The third-order valence-electron chi connectivity index (χ3n) is 4.46. The van der Waals surface area contributed by atoms with E-state index in [1.807, 2.05) is 36.5 Å². The van der Waals surface area contributed by atoms with Crippen molar-refractivity contribution in [3.8, 4) is 5.69 Å². The molecule has 0 bridgehead atoms. The molecule has 0 atom stereocenters. The van der Waals surface area contributed by atoms with E-state index >= 15 is 0 Å². The van der Waals surface area contributed by atoms with E-state index in [1.165, 1.54) is 12.3 Å². The molecule has 0 fully saturated rings. The first-order chi connectivity index (χ1) is 15.0. The van der Waals surface area contributed by atoms with Crippen LogP contribution in [0.2, 0.25) is 0 Å². The van der Waals surface area contributed by atoms with Crippen molar-refractivity contribution in [2.24, 2.45) is 4.99 Å². The predicted molar refractivity (Wildman–Crippen MR) is 130 cm³/mol. The maximum atomic E-state index is 13.0. The number of rotatable bonds is 8. The molecule has 7 nitrogen and oxygen atoms in total. The highest BCUT2D eigenvalue weighted by Gasteiger charge is 2.33. The maximum Gasteiger partial charge on any atom is 0.419 e. The number of aromatic nitrogens is 3. The van der Waals surface area contributed by atoms with Crippen molar-refractivity contribution in [1.82, 2.24) is 25.4 Å². The highest BCUT2D eigenvalue weighted by molar-refractivity contribution is 14.0. The first kappa shape index (κ1) is 25.4. The van der Waals surface area contributed by atoms with Crippen LogP contribution in [0.4, 0.5) is 19.0 Å². The number of hydrogen-bond acceptors (Lipinski definition) is 4. The molecule has 172 valence electrons. The monoisotopic (exact) mass is 559 g/mol. The Morgan fingerprint density at radius 1 is 1.00 bits per heavy atom. The fourth-order valence-corrected chi connectivity index (χ4v) is 2.92. The van der Waals surface area contributed by atoms with Crippen LogP contribution in [-0.4, -0.2) is 47.4 Å². The second-order valence-electron chi connectivity index (χ2n) is 6.62.